The van der Waals surface area contributed by atoms with Crippen molar-refractivity contribution >= 4 is 33.2 Å². The number of hydrogen-bond donors (Lipinski definition) is 2. The lowest BCUT2D eigenvalue weighted by atomic mass is 10.1. The fourth-order valence-corrected chi connectivity index (χ4v) is 4.27. The van der Waals surface area contributed by atoms with Gasteiger partial charge in [-0.1, -0.05) is 13.8 Å². The fraction of sp³-hybridized carbons (Fsp3) is 0.300. The summed E-state index contributed by atoms with van der Waals surface area (Å²) < 4.78 is 65.4. The number of rotatable bonds is 7. The van der Waals surface area contributed by atoms with Gasteiger partial charge >= 0.3 is 6.18 Å². The quantitative estimate of drug-likeness (QED) is 0.658. The smallest absolute Gasteiger partial charge is 0.325 e. The minimum Gasteiger partial charge on any atom is -0.325 e. The first-order chi connectivity index (χ1) is 14.4. The predicted octanol–water partition coefficient (Wildman–Crippen LogP) is 3.95. The number of nitrogens with one attached hydrogen (secondary N) is 2. The van der Waals surface area contributed by atoms with Gasteiger partial charge < -0.3 is 10.6 Å². The molecule has 7 nitrogen and oxygen atoms in total. The van der Waals surface area contributed by atoms with Gasteiger partial charge in [0, 0.05) is 25.6 Å². The van der Waals surface area contributed by atoms with E-state index in [9.17, 15) is 31.2 Å². The van der Waals surface area contributed by atoms with Crippen LogP contribution in [0.4, 0.5) is 24.5 Å². The maximum atomic E-state index is 13.0. The summed E-state index contributed by atoms with van der Waals surface area (Å²) in [6, 6.07) is 7.57. The number of halogens is 3. The molecule has 0 atom stereocenters. The second-order valence-corrected chi connectivity index (χ2v) is 8.45. The second kappa shape index (κ2) is 9.48. The molecule has 2 N–H and O–H groups in total. The highest BCUT2D eigenvalue weighted by atomic mass is 32.2. The highest BCUT2D eigenvalue weighted by Gasteiger charge is 2.31. The number of sulfonamides is 1. The van der Waals surface area contributed by atoms with Gasteiger partial charge in [0.05, 0.1) is 21.8 Å². The van der Waals surface area contributed by atoms with E-state index < -0.39 is 33.6 Å². The third-order valence-electron chi connectivity index (χ3n) is 4.37. The Morgan fingerprint density at radius 1 is 0.935 bits per heavy atom. The van der Waals surface area contributed by atoms with E-state index >= 15 is 0 Å². The van der Waals surface area contributed by atoms with Crippen LogP contribution >= 0.6 is 0 Å². The van der Waals surface area contributed by atoms with Gasteiger partial charge in [-0.2, -0.15) is 17.5 Å². The largest absolute Gasteiger partial charge is 0.416 e. The van der Waals surface area contributed by atoms with Crippen LogP contribution in [0.25, 0.3) is 0 Å². The van der Waals surface area contributed by atoms with E-state index in [-0.39, 0.29) is 34.9 Å². The normalized spacial score (nSPS) is 12.0. The molecule has 0 aliphatic carbocycles. The third kappa shape index (κ3) is 5.82. The zero-order valence-corrected chi connectivity index (χ0v) is 17.9. The minimum atomic E-state index is -4.64. The molecule has 2 rings (SSSR count). The van der Waals surface area contributed by atoms with Crippen LogP contribution in [0.1, 0.15) is 36.7 Å². The third-order valence-corrected chi connectivity index (χ3v) is 6.43. The highest BCUT2D eigenvalue weighted by Crippen LogP contribution is 2.34. The molecular formula is C20H22F3N3O4S. The average molecular weight is 457 g/mol. The van der Waals surface area contributed by atoms with Gasteiger partial charge in [-0.3, -0.25) is 9.59 Å². The SMILES string of the molecule is CCN(CC)S(=O)(=O)c1ccc(C(=O)Nc2cc(C(F)(F)F)ccc2NC(C)=O)cc1. The lowest BCUT2D eigenvalue weighted by Gasteiger charge is -2.18. The Balaban J connectivity index is 2.33. The molecule has 0 bridgehead atoms. The Morgan fingerprint density at radius 3 is 2.00 bits per heavy atom. The number of carbonyl (C=O) groups excluding carboxylic acids is 2. The number of anilines is 2. The van der Waals surface area contributed by atoms with Crippen LogP contribution in [-0.4, -0.2) is 37.6 Å². The van der Waals surface area contributed by atoms with Crippen molar-refractivity contribution in [2.24, 2.45) is 0 Å². The summed E-state index contributed by atoms with van der Waals surface area (Å²) in [5.74, 6) is -1.29. The summed E-state index contributed by atoms with van der Waals surface area (Å²) in [4.78, 5) is 23.9. The molecule has 2 aromatic carbocycles. The van der Waals surface area contributed by atoms with Crippen LogP contribution in [-0.2, 0) is 21.0 Å². The summed E-state index contributed by atoms with van der Waals surface area (Å²) in [5.41, 5.74) is -1.22. The van der Waals surface area contributed by atoms with Crippen molar-refractivity contribution in [3.63, 3.8) is 0 Å². The maximum absolute atomic E-state index is 13.0. The zero-order chi connectivity index (χ0) is 23.4. The average Bonchev–Trinajstić information content (AvgIpc) is 2.69. The lowest BCUT2D eigenvalue weighted by Crippen LogP contribution is -2.30. The molecule has 2 amide bonds. The summed E-state index contributed by atoms with van der Waals surface area (Å²) in [6.07, 6.45) is -4.64. The van der Waals surface area contributed by atoms with Crippen LogP contribution in [0.5, 0.6) is 0 Å². The molecule has 2 aromatic rings. The topological polar surface area (TPSA) is 95.6 Å². The minimum absolute atomic E-state index is 0.00502. The van der Waals surface area contributed by atoms with Gasteiger partial charge in [0.2, 0.25) is 15.9 Å². The molecule has 31 heavy (non-hydrogen) atoms. The number of nitrogens with zero attached hydrogens (tertiary/aromatic N) is 1. The molecule has 0 radical (unpaired) electrons. The number of hydrogen-bond acceptors (Lipinski definition) is 4. The molecular weight excluding hydrogens is 435 g/mol. The fourth-order valence-electron chi connectivity index (χ4n) is 2.81. The molecule has 0 aliphatic heterocycles. The van der Waals surface area contributed by atoms with Crippen molar-refractivity contribution in [3.05, 3.63) is 53.6 Å². The molecule has 0 heterocycles. The zero-order valence-electron chi connectivity index (χ0n) is 17.1. The van der Waals surface area contributed by atoms with Crippen molar-refractivity contribution in [2.75, 3.05) is 23.7 Å². The molecule has 0 saturated carbocycles. The van der Waals surface area contributed by atoms with Gasteiger partial charge in [-0.05, 0) is 42.5 Å². The lowest BCUT2D eigenvalue weighted by molar-refractivity contribution is -0.137. The van der Waals surface area contributed by atoms with Crippen molar-refractivity contribution in [1.29, 1.82) is 0 Å². The van der Waals surface area contributed by atoms with Gasteiger partial charge in [0.25, 0.3) is 5.91 Å². The van der Waals surface area contributed by atoms with Crippen LogP contribution < -0.4 is 10.6 Å². The van der Waals surface area contributed by atoms with Crippen LogP contribution in [0.3, 0.4) is 0 Å². The van der Waals surface area contributed by atoms with E-state index in [2.05, 4.69) is 10.6 Å². The monoisotopic (exact) mass is 457 g/mol. The predicted molar refractivity (Wildman–Crippen MR) is 110 cm³/mol. The summed E-state index contributed by atoms with van der Waals surface area (Å²) in [6.45, 7) is 5.14. The number of amides is 2. The van der Waals surface area contributed by atoms with Crippen molar-refractivity contribution in [2.45, 2.75) is 31.8 Å². The second-order valence-electron chi connectivity index (χ2n) is 6.51. The molecule has 11 heteroatoms. The Labute approximate surface area is 178 Å². The molecule has 168 valence electrons. The first-order valence-electron chi connectivity index (χ1n) is 9.30. The van der Waals surface area contributed by atoms with Gasteiger partial charge in [-0.15, -0.1) is 0 Å². The number of benzene rings is 2. The van der Waals surface area contributed by atoms with E-state index in [1.54, 1.807) is 13.8 Å². The van der Waals surface area contributed by atoms with Crippen molar-refractivity contribution in [3.8, 4) is 0 Å². The van der Waals surface area contributed by atoms with Crippen LogP contribution in [0.15, 0.2) is 47.4 Å². The van der Waals surface area contributed by atoms with E-state index in [4.69, 9.17) is 0 Å². The summed E-state index contributed by atoms with van der Waals surface area (Å²) >= 11 is 0. The van der Waals surface area contributed by atoms with E-state index in [1.807, 2.05) is 0 Å². The Morgan fingerprint density at radius 2 is 1.52 bits per heavy atom. The molecule has 0 aliphatic rings. The van der Waals surface area contributed by atoms with Crippen molar-refractivity contribution < 1.29 is 31.2 Å². The highest BCUT2D eigenvalue weighted by molar-refractivity contribution is 7.89. The van der Waals surface area contributed by atoms with E-state index in [0.717, 1.165) is 12.1 Å². The number of alkyl halides is 3. The first-order valence-corrected chi connectivity index (χ1v) is 10.7. The first kappa shape index (κ1) is 24.4. The van der Waals surface area contributed by atoms with Gasteiger partial charge in [-0.25, -0.2) is 8.42 Å². The summed E-state index contributed by atoms with van der Waals surface area (Å²) in [7, 11) is -3.72. The van der Waals surface area contributed by atoms with Crippen molar-refractivity contribution in [1.82, 2.24) is 4.31 Å². The van der Waals surface area contributed by atoms with Gasteiger partial charge in [0.15, 0.2) is 0 Å². The van der Waals surface area contributed by atoms with Gasteiger partial charge in [0.1, 0.15) is 0 Å². The molecule has 0 spiro atoms. The molecule has 0 unspecified atom stereocenters. The van der Waals surface area contributed by atoms with Crippen LogP contribution in [0.2, 0.25) is 0 Å². The maximum Gasteiger partial charge on any atom is 0.416 e. The summed E-state index contributed by atoms with van der Waals surface area (Å²) in [5, 5.41) is 4.69. The van der Waals surface area contributed by atoms with E-state index in [1.165, 1.54) is 35.5 Å². The Kier molecular flexibility index (Phi) is 7.45. The number of carbonyl (C=O) groups is 2. The Hall–Kier alpha value is -2.92. The molecule has 0 aromatic heterocycles. The Bertz CT molecular complexity index is 1060. The van der Waals surface area contributed by atoms with Crippen LogP contribution in [0, 0.1) is 0 Å². The molecule has 0 saturated heterocycles. The van der Waals surface area contributed by atoms with E-state index in [0.29, 0.717) is 6.07 Å². The standard InChI is InChI=1S/C20H22F3N3O4S/c1-4-26(5-2)31(29,30)16-9-6-14(7-10-16)19(28)25-18-12-15(20(21,22)23)8-11-17(18)24-13(3)27/h6-12H,4-5H2,1-3H3,(H,24,27)(H,25,28). The molecule has 0 fully saturated rings.